The first kappa shape index (κ1) is 11.8. The van der Waals surface area contributed by atoms with Crippen LogP contribution in [0.2, 0.25) is 0 Å². The van der Waals surface area contributed by atoms with Gasteiger partial charge in [-0.1, -0.05) is 0 Å². The van der Waals surface area contributed by atoms with Crippen molar-refractivity contribution in [1.82, 2.24) is 10.2 Å². The van der Waals surface area contributed by atoms with E-state index in [0.717, 1.165) is 0 Å². The van der Waals surface area contributed by atoms with Crippen LogP contribution in [0.5, 0.6) is 5.75 Å². The molecule has 5 nitrogen and oxygen atoms in total. The summed E-state index contributed by atoms with van der Waals surface area (Å²) < 4.78 is 18.1. The molecule has 2 rings (SSSR count). The fourth-order valence-corrected chi connectivity index (χ4v) is 1.34. The lowest BCUT2D eigenvalue weighted by atomic mass is 10.3. The number of rotatable bonds is 3. The Labute approximate surface area is 103 Å². The second-order valence-corrected chi connectivity index (χ2v) is 3.39. The van der Waals surface area contributed by atoms with E-state index in [1.54, 1.807) is 12.1 Å². The monoisotopic (exact) mass is 244 g/mol. The van der Waals surface area contributed by atoms with Gasteiger partial charge in [0.25, 0.3) is 0 Å². The van der Waals surface area contributed by atoms with Gasteiger partial charge in [-0.2, -0.15) is 5.26 Å². The Balaban J connectivity index is 2.20. The maximum absolute atomic E-state index is 13.2. The average molecular weight is 244 g/mol. The summed E-state index contributed by atoms with van der Waals surface area (Å²) in [6, 6.07) is 9.38. The summed E-state index contributed by atoms with van der Waals surface area (Å²) in [5, 5.41) is 19.0. The Kier molecular flexibility index (Phi) is 3.34. The Morgan fingerprint density at radius 1 is 1.28 bits per heavy atom. The van der Waals surface area contributed by atoms with Gasteiger partial charge in [-0.15, -0.1) is 10.2 Å². The summed E-state index contributed by atoms with van der Waals surface area (Å²) in [5.41, 5.74) is 0.851. The molecule has 0 fully saturated rings. The van der Waals surface area contributed by atoms with Crippen LogP contribution in [0.25, 0.3) is 0 Å². The van der Waals surface area contributed by atoms with E-state index in [2.05, 4.69) is 15.5 Å². The molecule has 0 atom stereocenters. The van der Waals surface area contributed by atoms with Crippen LogP contribution in [0.15, 0.2) is 30.3 Å². The lowest BCUT2D eigenvalue weighted by molar-refractivity contribution is 0.387. The van der Waals surface area contributed by atoms with Crippen LogP contribution in [0, 0.1) is 17.1 Å². The van der Waals surface area contributed by atoms with Gasteiger partial charge in [0.15, 0.2) is 23.1 Å². The van der Waals surface area contributed by atoms with Crippen LogP contribution >= 0.6 is 0 Å². The van der Waals surface area contributed by atoms with E-state index < -0.39 is 5.82 Å². The van der Waals surface area contributed by atoms with Gasteiger partial charge >= 0.3 is 0 Å². The second-order valence-electron chi connectivity index (χ2n) is 3.39. The third-order valence-corrected chi connectivity index (χ3v) is 2.20. The minimum Gasteiger partial charge on any atom is -0.494 e. The van der Waals surface area contributed by atoms with Gasteiger partial charge < -0.3 is 10.1 Å². The minimum atomic E-state index is -0.436. The first-order valence-electron chi connectivity index (χ1n) is 5.07. The SMILES string of the molecule is COc1cc(Nc2ccc(C#N)nn2)ccc1F. The molecule has 90 valence electrons. The number of nitrogens with one attached hydrogen (secondary N) is 1. The first-order chi connectivity index (χ1) is 8.72. The molecule has 1 N–H and O–H groups in total. The molecule has 0 saturated carbocycles. The van der Waals surface area contributed by atoms with Crippen molar-refractivity contribution in [1.29, 1.82) is 5.26 Å². The Hall–Kier alpha value is -2.68. The Morgan fingerprint density at radius 3 is 2.72 bits per heavy atom. The van der Waals surface area contributed by atoms with Crippen molar-refractivity contribution in [2.24, 2.45) is 0 Å². The van der Waals surface area contributed by atoms with Crippen LogP contribution in [-0.4, -0.2) is 17.3 Å². The number of aromatic nitrogens is 2. The molecule has 2 aromatic rings. The van der Waals surface area contributed by atoms with Crippen molar-refractivity contribution in [2.75, 3.05) is 12.4 Å². The van der Waals surface area contributed by atoms with Crippen molar-refractivity contribution in [3.63, 3.8) is 0 Å². The minimum absolute atomic E-state index is 0.140. The van der Waals surface area contributed by atoms with Gasteiger partial charge in [0.1, 0.15) is 6.07 Å². The van der Waals surface area contributed by atoms with E-state index in [0.29, 0.717) is 11.5 Å². The van der Waals surface area contributed by atoms with E-state index in [1.807, 2.05) is 6.07 Å². The topological polar surface area (TPSA) is 70.8 Å². The summed E-state index contributed by atoms with van der Waals surface area (Å²) in [5.74, 6) is 0.165. The van der Waals surface area contributed by atoms with Crippen LogP contribution in [0.1, 0.15) is 5.69 Å². The lowest BCUT2D eigenvalue weighted by Crippen LogP contribution is -1.97. The van der Waals surface area contributed by atoms with Crippen molar-refractivity contribution >= 4 is 11.5 Å². The van der Waals surface area contributed by atoms with E-state index in [9.17, 15) is 4.39 Å². The van der Waals surface area contributed by atoms with E-state index in [4.69, 9.17) is 10.00 Å². The molecule has 0 spiro atoms. The van der Waals surface area contributed by atoms with Crippen LogP contribution < -0.4 is 10.1 Å². The summed E-state index contributed by atoms with van der Waals surface area (Å²) in [6.07, 6.45) is 0. The predicted octanol–water partition coefficient (Wildman–Crippen LogP) is 2.24. The summed E-state index contributed by atoms with van der Waals surface area (Å²) in [4.78, 5) is 0. The number of methoxy groups -OCH3 is 1. The predicted molar refractivity (Wildman–Crippen MR) is 63.0 cm³/mol. The van der Waals surface area contributed by atoms with Gasteiger partial charge in [-0.3, -0.25) is 0 Å². The second kappa shape index (κ2) is 5.10. The molecule has 0 saturated heterocycles. The molecule has 18 heavy (non-hydrogen) atoms. The molecule has 0 aliphatic heterocycles. The maximum Gasteiger partial charge on any atom is 0.165 e. The van der Waals surface area contributed by atoms with Crippen molar-refractivity contribution < 1.29 is 9.13 Å². The third kappa shape index (κ3) is 2.52. The standard InChI is InChI=1S/C12H9FN4O/c1-18-11-6-8(2-4-10(11)13)15-12-5-3-9(7-14)16-17-12/h2-6H,1H3,(H,15,17). The first-order valence-corrected chi connectivity index (χ1v) is 5.07. The largest absolute Gasteiger partial charge is 0.494 e. The molecule has 0 unspecified atom stereocenters. The van der Waals surface area contributed by atoms with Gasteiger partial charge in [0.2, 0.25) is 0 Å². The quantitative estimate of drug-likeness (QED) is 0.896. The number of nitriles is 1. The number of hydrogen-bond acceptors (Lipinski definition) is 5. The molecule has 0 amide bonds. The molecule has 1 heterocycles. The number of hydrogen-bond donors (Lipinski definition) is 1. The average Bonchev–Trinajstić information content (AvgIpc) is 2.42. The molecule has 0 aliphatic rings. The molecule has 6 heteroatoms. The fraction of sp³-hybridized carbons (Fsp3) is 0.0833. The van der Waals surface area contributed by atoms with Crippen LogP contribution in [0.3, 0.4) is 0 Å². The van der Waals surface area contributed by atoms with Crippen molar-refractivity contribution in [2.45, 2.75) is 0 Å². The normalized spacial score (nSPS) is 9.61. The highest BCUT2D eigenvalue weighted by Gasteiger charge is 2.04. The van der Waals surface area contributed by atoms with Crippen LogP contribution in [-0.2, 0) is 0 Å². The molecular weight excluding hydrogens is 235 g/mol. The zero-order valence-electron chi connectivity index (χ0n) is 9.51. The van der Waals surface area contributed by atoms with Gasteiger partial charge in [0, 0.05) is 11.8 Å². The highest BCUT2D eigenvalue weighted by molar-refractivity contribution is 5.58. The number of benzene rings is 1. The summed E-state index contributed by atoms with van der Waals surface area (Å²) in [6.45, 7) is 0. The lowest BCUT2D eigenvalue weighted by Gasteiger charge is -2.07. The highest BCUT2D eigenvalue weighted by atomic mass is 19.1. The smallest absolute Gasteiger partial charge is 0.165 e. The van der Waals surface area contributed by atoms with Crippen LogP contribution in [0.4, 0.5) is 15.9 Å². The zero-order chi connectivity index (χ0) is 13.0. The van der Waals surface area contributed by atoms with E-state index in [-0.39, 0.29) is 11.4 Å². The molecular formula is C12H9FN4O. The molecule has 0 bridgehead atoms. The Morgan fingerprint density at radius 2 is 2.11 bits per heavy atom. The van der Waals surface area contributed by atoms with Gasteiger partial charge in [-0.25, -0.2) is 4.39 Å². The van der Waals surface area contributed by atoms with E-state index >= 15 is 0 Å². The fourth-order valence-electron chi connectivity index (χ4n) is 1.34. The Bertz CT molecular complexity index is 592. The highest BCUT2D eigenvalue weighted by Crippen LogP contribution is 2.23. The van der Waals surface area contributed by atoms with Gasteiger partial charge in [-0.05, 0) is 24.3 Å². The number of nitrogens with zero attached hydrogens (tertiary/aromatic N) is 3. The van der Waals surface area contributed by atoms with E-state index in [1.165, 1.54) is 25.3 Å². The molecule has 0 aliphatic carbocycles. The summed E-state index contributed by atoms with van der Waals surface area (Å²) in [7, 11) is 1.39. The zero-order valence-corrected chi connectivity index (χ0v) is 9.51. The van der Waals surface area contributed by atoms with Crippen molar-refractivity contribution in [3.05, 3.63) is 41.8 Å². The number of ether oxygens (including phenoxy) is 1. The van der Waals surface area contributed by atoms with Gasteiger partial charge in [0.05, 0.1) is 7.11 Å². The maximum atomic E-state index is 13.2. The summed E-state index contributed by atoms with van der Waals surface area (Å²) >= 11 is 0. The van der Waals surface area contributed by atoms with Crippen molar-refractivity contribution in [3.8, 4) is 11.8 Å². The molecule has 0 radical (unpaired) electrons. The number of halogens is 1. The molecule has 1 aromatic carbocycles. The third-order valence-electron chi connectivity index (χ3n) is 2.20. The molecule has 1 aromatic heterocycles. The number of anilines is 2.